The van der Waals surface area contributed by atoms with Gasteiger partial charge in [-0.2, -0.15) is 4.98 Å². The maximum Gasteiger partial charge on any atom is 0.331 e. The van der Waals surface area contributed by atoms with Crippen molar-refractivity contribution >= 4 is 11.5 Å². The average molecular weight is 291 g/mol. The van der Waals surface area contributed by atoms with Gasteiger partial charge in [-0.05, 0) is 18.2 Å². The Balaban J connectivity index is 2.52. The van der Waals surface area contributed by atoms with Gasteiger partial charge in [0.1, 0.15) is 5.82 Å². The lowest BCUT2D eigenvalue weighted by Gasteiger charge is -2.13. The SMILES string of the molecule is COc1cccc(OC)c1Oc1nc(N)ccc1[N+](=O)[O-]. The summed E-state index contributed by atoms with van der Waals surface area (Å²) in [5, 5.41) is 11.0. The van der Waals surface area contributed by atoms with Crippen molar-refractivity contribution in [1.82, 2.24) is 4.98 Å². The fraction of sp³-hybridized carbons (Fsp3) is 0.154. The van der Waals surface area contributed by atoms with E-state index < -0.39 is 4.92 Å². The number of benzene rings is 1. The number of para-hydroxylation sites is 1. The Kier molecular flexibility index (Phi) is 4.07. The van der Waals surface area contributed by atoms with E-state index in [1.54, 1.807) is 18.2 Å². The van der Waals surface area contributed by atoms with Crippen LogP contribution in [0.15, 0.2) is 30.3 Å². The summed E-state index contributed by atoms with van der Waals surface area (Å²) < 4.78 is 15.8. The van der Waals surface area contributed by atoms with Crippen LogP contribution in [-0.2, 0) is 0 Å². The maximum absolute atomic E-state index is 11.0. The molecule has 0 atom stereocenters. The van der Waals surface area contributed by atoms with Crippen LogP contribution >= 0.6 is 0 Å². The van der Waals surface area contributed by atoms with Gasteiger partial charge in [0.2, 0.25) is 5.75 Å². The van der Waals surface area contributed by atoms with E-state index in [4.69, 9.17) is 19.9 Å². The zero-order valence-electron chi connectivity index (χ0n) is 11.4. The zero-order chi connectivity index (χ0) is 15.4. The van der Waals surface area contributed by atoms with Crippen molar-refractivity contribution in [3.63, 3.8) is 0 Å². The van der Waals surface area contributed by atoms with Crippen molar-refractivity contribution in [2.45, 2.75) is 0 Å². The minimum atomic E-state index is -0.607. The largest absolute Gasteiger partial charge is 0.493 e. The highest BCUT2D eigenvalue weighted by Gasteiger charge is 2.21. The van der Waals surface area contributed by atoms with Crippen LogP contribution in [0.25, 0.3) is 0 Å². The Morgan fingerprint density at radius 2 is 1.76 bits per heavy atom. The first-order chi connectivity index (χ1) is 10.1. The Morgan fingerprint density at radius 3 is 2.29 bits per heavy atom. The first kappa shape index (κ1) is 14.4. The molecule has 0 aliphatic heterocycles. The highest BCUT2D eigenvalue weighted by molar-refractivity contribution is 5.55. The molecule has 1 aromatic carbocycles. The van der Waals surface area contributed by atoms with Crippen LogP contribution in [0, 0.1) is 10.1 Å². The molecule has 0 saturated heterocycles. The number of rotatable bonds is 5. The number of pyridine rings is 1. The lowest BCUT2D eigenvalue weighted by atomic mass is 10.3. The van der Waals surface area contributed by atoms with Gasteiger partial charge in [-0.15, -0.1) is 0 Å². The first-order valence-corrected chi connectivity index (χ1v) is 5.86. The summed E-state index contributed by atoms with van der Waals surface area (Å²) >= 11 is 0. The molecule has 2 rings (SSSR count). The Bertz CT molecular complexity index is 653. The van der Waals surface area contributed by atoms with Gasteiger partial charge >= 0.3 is 11.6 Å². The van der Waals surface area contributed by atoms with E-state index in [0.717, 1.165) is 0 Å². The van der Waals surface area contributed by atoms with Crippen molar-refractivity contribution in [2.24, 2.45) is 0 Å². The molecule has 110 valence electrons. The standard InChI is InChI=1S/C13H13N3O5/c1-19-9-4-3-5-10(20-2)12(9)21-13-8(16(17)18)6-7-11(14)15-13/h3-7H,1-2H3,(H2,14,15). The van der Waals surface area contributed by atoms with E-state index >= 15 is 0 Å². The zero-order valence-corrected chi connectivity index (χ0v) is 11.4. The Labute approximate surface area is 120 Å². The van der Waals surface area contributed by atoms with E-state index in [0.29, 0.717) is 11.5 Å². The molecule has 0 unspecified atom stereocenters. The molecule has 8 heteroatoms. The van der Waals surface area contributed by atoms with E-state index in [9.17, 15) is 10.1 Å². The van der Waals surface area contributed by atoms with Crippen LogP contribution in [-0.4, -0.2) is 24.1 Å². The second-order valence-electron chi connectivity index (χ2n) is 3.91. The number of nitro groups is 1. The van der Waals surface area contributed by atoms with E-state index in [2.05, 4.69) is 4.98 Å². The third-order valence-electron chi connectivity index (χ3n) is 2.64. The van der Waals surface area contributed by atoms with E-state index in [1.807, 2.05) is 0 Å². The highest BCUT2D eigenvalue weighted by atomic mass is 16.6. The molecule has 0 fully saturated rings. The van der Waals surface area contributed by atoms with Crippen molar-refractivity contribution in [2.75, 3.05) is 20.0 Å². The Hall–Kier alpha value is -3.03. The predicted octanol–water partition coefficient (Wildman–Crippen LogP) is 2.38. The summed E-state index contributed by atoms with van der Waals surface area (Å²) in [4.78, 5) is 14.3. The monoisotopic (exact) mass is 291 g/mol. The fourth-order valence-electron chi connectivity index (χ4n) is 1.68. The number of hydrogen-bond donors (Lipinski definition) is 1. The van der Waals surface area contributed by atoms with Gasteiger partial charge in [-0.1, -0.05) is 6.07 Å². The fourth-order valence-corrected chi connectivity index (χ4v) is 1.68. The van der Waals surface area contributed by atoms with Gasteiger partial charge in [-0.3, -0.25) is 10.1 Å². The third-order valence-corrected chi connectivity index (χ3v) is 2.64. The molecule has 0 aliphatic rings. The molecule has 0 spiro atoms. The Morgan fingerprint density at radius 1 is 1.14 bits per heavy atom. The van der Waals surface area contributed by atoms with Crippen LogP contribution in [0.2, 0.25) is 0 Å². The smallest absolute Gasteiger partial charge is 0.331 e. The summed E-state index contributed by atoms with van der Waals surface area (Å²) in [6.07, 6.45) is 0. The van der Waals surface area contributed by atoms with Crippen LogP contribution in [0.1, 0.15) is 0 Å². The molecule has 0 radical (unpaired) electrons. The molecule has 0 bridgehead atoms. The second kappa shape index (κ2) is 5.95. The van der Waals surface area contributed by atoms with Crippen molar-refractivity contribution < 1.29 is 19.1 Å². The third kappa shape index (κ3) is 2.94. The van der Waals surface area contributed by atoms with Crippen LogP contribution in [0.5, 0.6) is 23.1 Å². The van der Waals surface area contributed by atoms with Crippen LogP contribution in [0.3, 0.4) is 0 Å². The number of nitrogens with zero attached hydrogens (tertiary/aromatic N) is 2. The molecule has 0 aliphatic carbocycles. The quantitative estimate of drug-likeness (QED) is 0.665. The van der Waals surface area contributed by atoms with Crippen LogP contribution < -0.4 is 19.9 Å². The van der Waals surface area contributed by atoms with Crippen molar-refractivity contribution in [1.29, 1.82) is 0 Å². The highest BCUT2D eigenvalue weighted by Crippen LogP contribution is 2.41. The normalized spacial score (nSPS) is 10.0. The van der Waals surface area contributed by atoms with E-state index in [-0.39, 0.29) is 23.1 Å². The average Bonchev–Trinajstić information content (AvgIpc) is 2.47. The number of nitrogens with two attached hydrogens (primary N) is 1. The number of hydrogen-bond acceptors (Lipinski definition) is 7. The minimum absolute atomic E-state index is 0.101. The molecule has 8 nitrogen and oxygen atoms in total. The van der Waals surface area contributed by atoms with Gasteiger partial charge in [0, 0.05) is 6.07 Å². The van der Waals surface area contributed by atoms with E-state index in [1.165, 1.54) is 26.4 Å². The first-order valence-electron chi connectivity index (χ1n) is 5.86. The number of nitrogen functional groups attached to an aromatic ring is 1. The molecular formula is C13H13N3O5. The van der Waals surface area contributed by atoms with Gasteiger partial charge in [0.25, 0.3) is 0 Å². The summed E-state index contributed by atoms with van der Waals surface area (Å²) in [6.45, 7) is 0. The second-order valence-corrected chi connectivity index (χ2v) is 3.91. The lowest BCUT2D eigenvalue weighted by Crippen LogP contribution is -2.01. The molecule has 2 N–H and O–H groups in total. The predicted molar refractivity (Wildman–Crippen MR) is 74.9 cm³/mol. The van der Waals surface area contributed by atoms with Gasteiger partial charge in [-0.25, -0.2) is 0 Å². The topological polar surface area (TPSA) is 110 Å². The maximum atomic E-state index is 11.0. The minimum Gasteiger partial charge on any atom is -0.493 e. The summed E-state index contributed by atoms with van der Waals surface area (Å²) in [6, 6.07) is 7.52. The van der Waals surface area contributed by atoms with Crippen molar-refractivity contribution in [3.05, 3.63) is 40.4 Å². The number of ether oxygens (including phenoxy) is 3. The molecule has 2 aromatic rings. The van der Waals surface area contributed by atoms with Crippen LogP contribution in [0.4, 0.5) is 11.5 Å². The number of anilines is 1. The summed E-state index contributed by atoms with van der Waals surface area (Å²) in [5.41, 5.74) is 5.24. The van der Waals surface area contributed by atoms with Gasteiger partial charge in [0.05, 0.1) is 19.1 Å². The summed E-state index contributed by atoms with van der Waals surface area (Å²) in [7, 11) is 2.89. The molecule has 1 heterocycles. The number of aromatic nitrogens is 1. The lowest BCUT2D eigenvalue weighted by molar-refractivity contribution is -0.386. The van der Waals surface area contributed by atoms with Crippen molar-refractivity contribution in [3.8, 4) is 23.1 Å². The summed E-state index contributed by atoms with van der Waals surface area (Å²) in [5.74, 6) is 0.761. The molecule has 0 saturated carbocycles. The number of methoxy groups -OCH3 is 2. The molecule has 21 heavy (non-hydrogen) atoms. The molecule has 1 aromatic heterocycles. The molecular weight excluding hydrogens is 278 g/mol. The molecule has 0 amide bonds. The van der Waals surface area contributed by atoms with Gasteiger partial charge in [0.15, 0.2) is 11.5 Å². The van der Waals surface area contributed by atoms with Gasteiger partial charge < -0.3 is 19.9 Å².